The lowest BCUT2D eigenvalue weighted by Crippen LogP contribution is -2.42. The van der Waals surface area contributed by atoms with E-state index in [4.69, 9.17) is 4.74 Å². The molecule has 0 spiro atoms. The summed E-state index contributed by atoms with van der Waals surface area (Å²) in [6.45, 7) is 3.43. The van der Waals surface area contributed by atoms with E-state index in [1.165, 1.54) is 19.1 Å². The molecule has 33 heavy (non-hydrogen) atoms. The average Bonchev–Trinajstić information content (AvgIpc) is 3.08. The van der Waals surface area contributed by atoms with Crippen LogP contribution in [0.25, 0.3) is 11.0 Å². The minimum absolute atomic E-state index is 0. The number of aromatic amines is 1. The van der Waals surface area contributed by atoms with Gasteiger partial charge in [0.1, 0.15) is 24.3 Å². The fourth-order valence-electron chi connectivity index (χ4n) is 4.25. The van der Waals surface area contributed by atoms with Crippen LogP contribution in [0.1, 0.15) is 25.8 Å². The van der Waals surface area contributed by atoms with Crippen molar-refractivity contribution in [2.75, 3.05) is 31.6 Å². The van der Waals surface area contributed by atoms with Crippen LogP contribution in [0, 0.1) is 5.82 Å². The minimum Gasteiger partial charge on any atom is -0.489 e. The normalized spacial score (nSPS) is 15.7. The smallest absolute Gasteiger partial charge is 0.326 e. The number of amides is 1. The van der Waals surface area contributed by atoms with E-state index < -0.39 is 6.10 Å². The number of H-pyrrole nitrogens is 1. The van der Waals surface area contributed by atoms with Gasteiger partial charge in [0.15, 0.2) is 0 Å². The van der Waals surface area contributed by atoms with E-state index in [1.54, 1.807) is 34.9 Å². The van der Waals surface area contributed by atoms with Crippen LogP contribution in [0.2, 0.25) is 0 Å². The number of aliphatic hydroxyl groups is 1. The quantitative estimate of drug-likeness (QED) is 0.485. The third-order valence-electron chi connectivity index (χ3n) is 5.70. The maximum Gasteiger partial charge on any atom is 0.326 e. The van der Waals surface area contributed by atoms with E-state index in [9.17, 15) is 19.1 Å². The molecular weight excluding hydrogens is 451 g/mol. The molecule has 8 nitrogen and oxygen atoms in total. The van der Waals surface area contributed by atoms with Crippen LogP contribution < -0.4 is 15.7 Å². The summed E-state index contributed by atoms with van der Waals surface area (Å²) in [5.74, 6) is -0.0591. The number of rotatable bonds is 7. The molecule has 0 aliphatic carbocycles. The zero-order valence-electron chi connectivity index (χ0n) is 18.3. The summed E-state index contributed by atoms with van der Waals surface area (Å²) in [5, 5.41) is 13.2. The van der Waals surface area contributed by atoms with Crippen LogP contribution in [0.4, 0.5) is 10.1 Å². The first-order chi connectivity index (χ1) is 15.4. The van der Waals surface area contributed by atoms with Crippen LogP contribution in [0.3, 0.4) is 0 Å². The SMILES string of the molecule is CC(=O)Nc1ccccc1OC[C@H](O)CN1CCC(n2c(=O)[nH]c3cc(F)ccc32)CC1.Cl. The van der Waals surface area contributed by atoms with Crippen molar-refractivity contribution in [3.05, 3.63) is 58.8 Å². The fourth-order valence-corrected chi connectivity index (χ4v) is 4.25. The number of benzene rings is 2. The maximum atomic E-state index is 13.5. The van der Waals surface area contributed by atoms with Crippen LogP contribution in [0.5, 0.6) is 5.75 Å². The summed E-state index contributed by atoms with van der Waals surface area (Å²) in [4.78, 5) is 28.6. The number of fused-ring (bicyclic) bond motifs is 1. The van der Waals surface area contributed by atoms with Crippen molar-refractivity contribution >= 4 is 35.0 Å². The van der Waals surface area contributed by atoms with Gasteiger partial charge in [0.25, 0.3) is 0 Å². The Balaban J connectivity index is 0.00000306. The Kier molecular flexibility index (Phi) is 8.12. The average molecular weight is 479 g/mol. The lowest BCUT2D eigenvalue weighted by atomic mass is 10.0. The Labute approximate surface area is 196 Å². The zero-order valence-corrected chi connectivity index (χ0v) is 19.1. The number of likely N-dealkylation sites (tertiary alicyclic amines) is 1. The highest BCUT2D eigenvalue weighted by Gasteiger charge is 2.25. The number of para-hydroxylation sites is 2. The summed E-state index contributed by atoms with van der Waals surface area (Å²) in [5.41, 5.74) is 1.55. The molecule has 0 unspecified atom stereocenters. The highest BCUT2D eigenvalue weighted by atomic mass is 35.5. The second-order valence-corrected chi connectivity index (χ2v) is 8.14. The number of nitrogens with one attached hydrogen (secondary N) is 2. The molecule has 4 rings (SSSR count). The molecule has 1 aliphatic heterocycles. The molecule has 1 aromatic heterocycles. The number of carbonyl (C=O) groups excluding carboxylic acids is 1. The molecule has 2 aromatic carbocycles. The summed E-state index contributed by atoms with van der Waals surface area (Å²) in [7, 11) is 0. The molecule has 0 radical (unpaired) electrons. The van der Waals surface area contributed by atoms with E-state index in [0.29, 0.717) is 29.0 Å². The Morgan fingerprint density at radius 3 is 2.73 bits per heavy atom. The first kappa shape index (κ1) is 24.8. The molecule has 2 heterocycles. The molecule has 1 fully saturated rings. The van der Waals surface area contributed by atoms with E-state index >= 15 is 0 Å². The first-order valence-corrected chi connectivity index (χ1v) is 10.7. The van der Waals surface area contributed by atoms with Crippen LogP contribution in [-0.4, -0.2) is 57.8 Å². The van der Waals surface area contributed by atoms with Crippen molar-refractivity contribution in [2.45, 2.75) is 31.9 Å². The second-order valence-electron chi connectivity index (χ2n) is 8.14. The van der Waals surface area contributed by atoms with E-state index in [0.717, 1.165) is 25.9 Å². The van der Waals surface area contributed by atoms with Gasteiger partial charge in [-0.05, 0) is 43.2 Å². The minimum atomic E-state index is -0.698. The van der Waals surface area contributed by atoms with Gasteiger partial charge in [-0.25, -0.2) is 9.18 Å². The number of aromatic nitrogens is 2. The molecule has 3 aromatic rings. The third kappa shape index (κ3) is 5.93. The summed E-state index contributed by atoms with van der Waals surface area (Å²) < 4.78 is 20.9. The van der Waals surface area contributed by atoms with Crippen LogP contribution in [-0.2, 0) is 4.79 Å². The number of halogens is 2. The Hall–Kier alpha value is -2.88. The topological polar surface area (TPSA) is 99.6 Å². The molecule has 1 aliphatic rings. The van der Waals surface area contributed by atoms with Gasteiger partial charge in [-0.1, -0.05) is 12.1 Å². The summed E-state index contributed by atoms with van der Waals surface area (Å²) >= 11 is 0. The Bertz CT molecular complexity index is 1160. The van der Waals surface area contributed by atoms with Crippen molar-refractivity contribution < 1.29 is 19.0 Å². The van der Waals surface area contributed by atoms with Crippen LogP contribution in [0.15, 0.2) is 47.3 Å². The summed E-state index contributed by atoms with van der Waals surface area (Å²) in [6, 6.07) is 11.5. The molecule has 1 atom stereocenters. The largest absolute Gasteiger partial charge is 0.489 e. The predicted octanol–water partition coefficient (Wildman–Crippen LogP) is 2.93. The number of nitrogens with zero attached hydrogens (tertiary/aromatic N) is 2. The number of hydrogen-bond acceptors (Lipinski definition) is 5. The Morgan fingerprint density at radius 1 is 1.27 bits per heavy atom. The third-order valence-corrected chi connectivity index (χ3v) is 5.70. The van der Waals surface area contributed by atoms with Gasteiger partial charge < -0.3 is 25.0 Å². The maximum absolute atomic E-state index is 13.5. The second kappa shape index (κ2) is 10.8. The van der Waals surface area contributed by atoms with E-state index in [1.807, 2.05) is 0 Å². The fraction of sp³-hybridized carbons (Fsp3) is 0.391. The highest BCUT2D eigenvalue weighted by Crippen LogP contribution is 2.26. The van der Waals surface area contributed by atoms with Gasteiger partial charge in [0.05, 0.1) is 16.7 Å². The zero-order chi connectivity index (χ0) is 22.7. The summed E-state index contributed by atoms with van der Waals surface area (Å²) in [6.07, 6.45) is 0.808. The lowest BCUT2D eigenvalue weighted by molar-refractivity contribution is -0.114. The van der Waals surface area contributed by atoms with E-state index in [2.05, 4.69) is 15.2 Å². The number of ether oxygens (including phenoxy) is 1. The van der Waals surface area contributed by atoms with Crippen LogP contribution >= 0.6 is 12.4 Å². The molecule has 10 heteroatoms. The predicted molar refractivity (Wildman–Crippen MR) is 127 cm³/mol. The molecule has 3 N–H and O–H groups in total. The van der Waals surface area contributed by atoms with Gasteiger partial charge in [0.2, 0.25) is 5.91 Å². The number of aliphatic hydroxyl groups excluding tert-OH is 1. The number of hydrogen-bond donors (Lipinski definition) is 3. The molecule has 178 valence electrons. The van der Waals surface area contributed by atoms with Crippen molar-refractivity contribution in [1.82, 2.24) is 14.5 Å². The lowest BCUT2D eigenvalue weighted by Gasteiger charge is -2.33. The van der Waals surface area contributed by atoms with Gasteiger partial charge in [-0.3, -0.25) is 9.36 Å². The highest BCUT2D eigenvalue weighted by molar-refractivity contribution is 5.90. The molecular formula is C23H28ClFN4O4. The number of anilines is 1. The molecule has 0 bridgehead atoms. The Morgan fingerprint density at radius 2 is 2.00 bits per heavy atom. The van der Waals surface area contributed by atoms with Gasteiger partial charge >= 0.3 is 5.69 Å². The van der Waals surface area contributed by atoms with Gasteiger partial charge in [0, 0.05) is 32.6 Å². The van der Waals surface area contributed by atoms with Crippen molar-refractivity contribution in [3.63, 3.8) is 0 Å². The van der Waals surface area contributed by atoms with Crippen molar-refractivity contribution in [1.29, 1.82) is 0 Å². The number of piperidine rings is 1. The van der Waals surface area contributed by atoms with Gasteiger partial charge in [-0.15, -0.1) is 12.4 Å². The molecule has 1 amide bonds. The monoisotopic (exact) mass is 478 g/mol. The number of imidazole rings is 1. The molecule has 1 saturated heterocycles. The first-order valence-electron chi connectivity index (χ1n) is 10.7. The van der Waals surface area contributed by atoms with Crippen molar-refractivity contribution in [3.8, 4) is 5.75 Å². The number of carbonyl (C=O) groups is 1. The van der Waals surface area contributed by atoms with E-state index in [-0.39, 0.29) is 42.5 Å². The van der Waals surface area contributed by atoms with Crippen molar-refractivity contribution in [2.24, 2.45) is 0 Å². The molecule has 0 saturated carbocycles. The van der Waals surface area contributed by atoms with Gasteiger partial charge in [-0.2, -0.15) is 0 Å². The number of β-amino-alcohol motifs (C(OH)–C–C–N with tert-alkyl or cyclic N) is 1. The standard InChI is InChI=1S/C23H27FN4O4.ClH/c1-15(29)25-19-4-2-3-5-22(19)32-14-18(30)13-27-10-8-17(9-11-27)28-21-7-6-16(24)12-20(21)26-23(28)31;/h2-7,12,17-18,30H,8-11,13-14H2,1H3,(H,25,29)(H,26,31);1H/t18-;/m1./s1.